The largest absolute Gasteiger partial charge is 0.383 e. The van der Waals surface area contributed by atoms with Gasteiger partial charge >= 0.3 is 0 Å². The minimum Gasteiger partial charge on any atom is -0.383 e. The summed E-state index contributed by atoms with van der Waals surface area (Å²) in [5, 5.41) is 0. The third-order valence-corrected chi connectivity index (χ3v) is 3.05. The lowest BCUT2D eigenvalue weighted by atomic mass is 10.1. The van der Waals surface area contributed by atoms with Crippen molar-refractivity contribution in [1.29, 1.82) is 0 Å². The molecule has 0 bridgehead atoms. The molecule has 1 aromatic carbocycles. The normalized spacial score (nSPS) is 10.6. The molecule has 1 aromatic rings. The molecule has 5 nitrogen and oxygen atoms in total. The fraction of sp³-hybridized carbons (Fsp3) is 0.533. The Morgan fingerprint density at radius 3 is 2.10 bits per heavy atom. The third-order valence-electron chi connectivity index (χ3n) is 3.05. The summed E-state index contributed by atoms with van der Waals surface area (Å²) < 4.78 is 10.1. The molecule has 0 fully saturated rings. The molecular formula is C15H24N2O3. The van der Waals surface area contributed by atoms with Crippen LogP contribution in [0.5, 0.6) is 0 Å². The molecule has 0 unspecified atom stereocenters. The summed E-state index contributed by atoms with van der Waals surface area (Å²) >= 11 is 0. The van der Waals surface area contributed by atoms with E-state index in [4.69, 9.17) is 15.2 Å². The second-order valence-corrected chi connectivity index (χ2v) is 4.51. The Morgan fingerprint density at radius 1 is 1.10 bits per heavy atom. The van der Waals surface area contributed by atoms with E-state index in [1.807, 2.05) is 24.3 Å². The molecule has 0 radical (unpaired) electrons. The van der Waals surface area contributed by atoms with Crippen molar-refractivity contribution in [1.82, 2.24) is 4.90 Å². The molecule has 0 aliphatic heterocycles. The van der Waals surface area contributed by atoms with Crippen LogP contribution in [0.2, 0.25) is 0 Å². The van der Waals surface area contributed by atoms with Crippen molar-refractivity contribution in [2.45, 2.75) is 6.42 Å². The van der Waals surface area contributed by atoms with E-state index in [1.165, 1.54) is 0 Å². The molecule has 1 rings (SSSR count). The topological polar surface area (TPSA) is 64.8 Å². The van der Waals surface area contributed by atoms with E-state index in [0.717, 1.165) is 12.0 Å². The lowest BCUT2D eigenvalue weighted by molar-refractivity contribution is 0.0627. The Morgan fingerprint density at radius 2 is 1.65 bits per heavy atom. The molecular weight excluding hydrogens is 256 g/mol. The summed E-state index contributed by atoms with van der Waals surface area (Å²) in [5.74, 6) is -0.00148. The zero-order chi connectivity index (χ0) is 14.8. The number of benzene rings is 1. The number of hydrogen-bond donors (Lipinski definition) is 1. The minimum atomic E-state index is -0.00148. The number of rotatable bonds is 9. The molecule has 0 heterocycles. The summed E-state index contributed by atoms with van der Waals surface area (Å²) in [6.45, 7) is 2.76. The van der Waals surface area contributed by atoms with Crippen LogP contribution in [0.25, 0.3) is 0 Å². The SMILES string of the molecule is COCCN(CCOC)C(=O)c1ccc(CCN)cc1. The molecule has 0 saturated carbocycles. The first-order valence-electron chi connectivity index (χ1n) is 6.79. The molecule has 0 aliphatic carbocycles. The summed E-state index contributed by atoms with van der Waals surface area (Å²) in [6.07, 6.45) is 0.825. The molecule has 0 spiro atoms. The summed E-state index contributed by atoms with van der Waals surface area (Å²) in [6, 6.07) is 7.59. The maximum Gasteiger partial charge on any atom is 0.254 e. The van der Waals surface area contributed by atoms with E-state index in [1.54, 1.807) is 19.1 Å². The Hall–Kier alpha value is -1.43. The minimum absolute atomic E-state index is 0.00148. The van der Waals surface area contributed by atoms with E-state index in [0.29, 0.717) is 38.4 Å². The number of carbonyl (C=O) groups excluding carboxylic acids is 1. The van der Waals surface area contributed by atoms with E-state index in [2.05, 4.69) is 0 Å². The molecule has 0 aromatic heterocycles. The summed E-state index contributed by atoms with van der Waals surface area (Å²) in [7, 11) is 3.25. The zero-order valence-electron chi connectivity index (χ0n) is 12.3. The summed E-state index contributed by atoms with van der Waals surface area (Å²) in [4.78, 5) is 14.2. The average molecular weight is 280 g/mol. The Bertz CT molecular complexity index is 385. The number of methoxy groups -OCH3 is 2. The van der Waals surface area contributed by atoms with E-state index >= 15 is 0 Å². The van der Waals surface area contributed by atoms with Crippen LogP contribution in [0.15, 0.2) is 24.3 Å². The van der Waals surface area contributed by atoms with Crippen molar-refractivity contribution in [2.24, 2.45) is 5.73 Å². The van der Waals surface area contributed by atoms with E-state index in [9.17, 15) is 4.79 Å². The molecule has 1 amide bonds. The Labute approximate surface area is 120 Å². The van der Waals surface area contributed by atoms with Crippen molar-refractivity contribution in [3.63, 3.8) is 0 Å². The molecule has 20 heavy (non-hydrogen) atoms. The van der Waals surface area contributed by atoms with Gasteiger partial charge in [-0.25, -0.2) is 0 Å². The highest BCUT2D eigenvalue weighted by Crippen LogP contribution is 2.08. The molecule has 0 aliphatic rings. The maximum atomic E-state index is 12.4. The molecule has 112 valence electrons. The van der Waals surface area contributed by atoms with Crippen molar-refractivity contribution in [2.75, 3.05) is 47.1 Å². The first kappa shape index (κ1) is 16.6. The van der Waals surface area contributed by atoms with Crippen LogP contribution >= 0.6 is 0 Å². The number of carbonyl (C=O) groups is 1. The van der Waals surface area contributed by atoms with Crippen molar-refractivity contribution >= 4 is 5.91 Å². The predicted octanol–water partition coefficient (Wildman–Crippen LogP) is 0.923. The quantitative estimate of drug-likeness (QED) is 0.730. The van der Waals surface area contributed by atoms with Gasteiger partial charge in [0.25, 0.3) is 5.91 Å². The summed E-state index contributed by atoms with van der Waals surface area (Å²) in [5.41, 5.74) is 7.34. The van der Waals surface area contributed by atoms with Gasteiger partial charge in [0.05, 0.1) is 13.2 Å². The first-order valence-corrected chi connectivity index (χ1v) is 6.79. The van der Waals surface area contributed by atoms with Crippen LogP contribution in [-0.4, -0.2) is 57.9 Å². The van der Waals surface area contributed by atoms with E-state index < -0.39 is 0 Å². The number of nitrogens with zero attached hydrogens (tertiary/aromatic N) is 1. The molecule has 0 atom stereocenters. The van der Waals surface area contributed by atoms with E-state index in [-0.39, 0.29) is 5.91 Å². The Balaban J connectivity index is 2.71. The first-order chi connectivity index (χ1) is 9.72. The van der Waals surface area contributed by atoms with Gasteiger partial charge in [-0.15, -0.1) is 0 Å². The van der Waals surface area contributed by atoms with Crippen molar-refractivity contribution in [3.05, 3.63) is 35.4 Å². The van der Waals surface area contributed by atoms with Crippen LogP contribution in [-0.2, 0) is 15.9 Å². The van der Waals surface area contributed by atoms with Gasteiger partial charge in [0.15, 0.2) is 0 Å². The highest BCUT2D eigenvalue weighted by molar-refractivity contribution is 5.94. The fourth-order valence-corrected chi connectivity index (χ4v) is 1.88. The van der Waals surface area contributed by atoms with Crippen molar-refractivity contribution in [3.8, 4) is 0 Å². The highest BCUT2D eigenvalue weighted by atomic mass is 16.5. The highest BCUT2D eigenvalue weighted by Gasteiger charge is 2.15. The molecule has 5 heteroatoms. The molecule has 0 saturated heterocycles. The van der Waals surface area contributed by atoms with Gasteiger partial charge in [-0.3, -0.25) is 4.79 Å². The fourth-order valence-electron chi connectivity index (χ4n) is 1.88. The monoisotopic (exact) mass is 280 g/mol. The van der Waals surface area contributed by atoms with Gasteiger partial charge in [0.1, 0.15) is 0 Å². The van der Waals surface area contributed by atoms with Gasteiger partial charge in [-0.05, 0) is 30.7 Å². The van der Waals surface area contributed by atoms with Crippen LogP contribution in [0.1, 0.15) is 15.9 Å². The third kappa shape index (κ3) is 5.28. The van der Waals surface area contributed by atoms with Crippen LogP contribution in [0.4, 0.5) is 0 Å². The number of nitrogens with two attached hydrogens (primary N) is 1. The number of hydrogen-bond acceptors (Lipinski definition) is 4. The Kier molecular flexibility index (Phi) is 7.87. The zero-order valence-corrected chi connectivity index (χ0v) is 12.3. The predicted molar refractivity (Wildman–Crippen MR) is 78.9 cm³/mol. The van der Waals surface area contributed by atoms with Gasteiger partial charge in [0.2, 0.25) is 0 Å². The number of amides is 1. The van der Waals surface area contributed by atoms with Gasteiger partial charge in [-0.2, -0.15) is 0 Å². The standard InChI is InChI=1S/C15H24N2O3/c1-19-11-9-17(10-12-20-2)15(18)14-5-3-13(4-6-14)7-8-16/h3-6H,7-12,16H2,1-2H3. The smallest absolute Gasteiger partial charge is 0.254 e. The van der Waals surface area contributed by atoms with Gasteiger partial charge in [0, 0.05) is 32.9 Å². The van der Waals surface area contributed by atoms with Crippen LogP contribution in [0.3, 0.4) is 0 Å². The molecule has 2 N–H and O–H groups in total. The lowest BCUT2D eigenvalue weighted by Crippen LogP contribution is -2.36. The maximum absolute atomic E-state index is 12.4. The second kappa shape index (κ2) is 9.47. The second-order valence-electron chi connectivity index (χ2n) is 4.51. The van der Waals surface area contributed by atoms with Crippen molar-refractivity contribution < 1.29 is 14.3 Å². The van der Waals surface area contributed by atoms with Gasteiger partial charge < -0.3 is 20.1 Å². The number of ether oxygens (including phenoxy) is 2. The van der Waals surface area contributed by atoms with Gasteiger partial charge in [-0.1, -0.05) is 12.1 Å². The van der Waals surface area contributed by atoms with Crippen LogP contribution in [0, 0.1) is 0 Å². The lowest BCUT2D eigenvalue weighted by Gasteiger charge is -2.22. The van der Waals surface area contributed by atoms with Crippen LogP contribution < -0.4 is 5.73 Å². The average Bonchev–Trinajstić information content (AvgIpc) is 2.48.